The van der Waals surface area contributed by atoms with Crippen molar-refractivity contribution in [3.05, 3.63) is 100 Å². The standard InChI is InChI=1S/C34H38N4O9/c1-5-44-28-17-25(31-30(33(41)43-4)21(3)36-34(42)37-31)14-15-27(28)47-20-29(39)38-35-18-23-8-7-9-26(16-23)46-19-22-10-12-24(13-11-22)32(40)45-6-2/h7-18,29,31,38-39H,5-6,19-20H2,1-4H3,(H2,36,37,42)/b35-18+/t29-,31+/m1/s1. The summed E-state index contributed by atoms with van der Waals surface area (Å²) >= 11 is 0. The Balaban J connectivity index is 1.32. The molecule has 0 bridgehead atoms. The second kappa shape index (κ2) is 16.7. The van der Waals surface area contributed by atoms with Crippen molar-refractivity contribution in [3.8, 4) is 17.2 Å². The molecule has 0 radical (unpaired) electrons. The molecule has 1 heterocycles. The number of nitrogens with zero attached hydrogens (tertiary/aromatic N) is 1. The molecule has 0 aliphatic carbocycles. The zero-order chi connectivity index (χ0) is 33.8. The van der Waals surface area contributed by atoms with Crippen LogP contribution in [-0.2, 0) is 20.9 Å². The number of nitrogens with one attached hydrogen (secondary N) is 3. The van der Waals surface area contributed by atoms with Gasteiger partial charge in [-0.15, -0.1) is 0 Å². The third kappa shape index (κ3) is 9.47. The minimum atomic E-state index is -1.15. The first kappa shape index (κ1) is 34.3. The smallest absolute Gasteiger partial charge is 0.338 e. The molecule has 3 aromatic carbocycles. The Bertz CT molecular complexity index is 1620. The maximum Gasteiger partial charge on any atom is 0.338 e. The SMILES string of the molecule is CCOC(=O)c1ccc(COc2cccc(/C=N/N[C@H](O)COc3ccc([C@@H]4NC(=O)NC(C)=C4C(=O)OC)cc3OCC)c2)cc1. The fraction of sp³-hybridized carbons (Fsp3) is 0.294. The largest absolute Gasteiger partial charge is 0.490 e. The number of urea groups is 1. The highest BCUT2D eigenvalue weighted by Crippen LogP contribution is 2.35. The number of ether oxygens (including phenoxy) is 5. The summed E-state index contributed by atoms with van der Waals surface area (Å²) in [7, 11) is 1.27. The quantitative estimate of drug-likeness (QED) is 0.0822. The van der Waals surface area contributed by atoms with Gasteiger partial charge in [-0.3, -0.25) is 5.43 Å². The molecule has 0 unspecified atom stereocenters. The monoisotopic (exact) mass is 646 g/mol. The van der Waals surface area contributed by atoms with Gasteiger partial charge in [-0.1, -0.05) is 30.3 Å². The molecule has 0 fully saturated rings. The molecule has 0 aromatic heterocycles. The number of hydrazone groups is 1. The minimum absolute atomic E-state index is 0.161. The van der Waals surface area contributed by atoms with Crippen molar-refractivity contribution < 1.29 is 43.2 Å². The summed E-state index contributed by atoms with van der Waals surface area (Å²) in [6.07, 6.45) is 0.379. The minimum Gasteiger partial charge on any atom is -0.490 e. The third-order valence-electron chi connectivity index (χ3n) is 6.84. The van der Waals surface area contributed by atoms with Gasteiger partial charge in [0.1, 0.15) is 19.0 Å². The molecule has 13 heteroatoms. The molecule has 0 saturated carbocycles. The van der Waals surface area contributed by atoms with Gasteiger partial charge in [0.05, 0.1) is 43.7 Å². The lowest BCUT2D eigenvalue weighted by molar-refractivity contribution is -0.136. The molecule has 0 saturated heterocycles. The number of hydrogen-bond donors (Lipinski definition) is 4. The Labute approximate surface area is 272 Å². The summed E-state index contributed by atoms with van der Waals surface area (Å²) in [5, 5.41) is 19.9. The van der Waals surface area contributed by atoms with E-state index < -0.39 is 24.3 Å². The van der Waals surface area contributed by atoms with Gasteiger partial charge in [0, 0.05) is 5.70 Å². The van der Waals surface area contributed by atoms with Gasteiger partial charge in [-0.05, 0) is 73.9 Å². The van der Waals surface area contributed by atoms with Gasteiger partial charge < -0.3 is 39.4 Å². The zero-order valence-electron chi connectivity index (χ0n) is 26.6. The molecule has 4 N–H and O–H groups in total. The summed E-state index contributed by atoms with van der Waals surface area (Å²) in [5.74, 6) is 0.388. The van der Waals surface area contributed by atoms with E-state index in [1.807, 2.05) is 37.3 Å². The van der Waals surface area contributed by atoms with E-state index >= 15 is 0 Å². The van der Waals surface area contributed by atoms with E-state index in [-0.39, 0.29) is 18.1 Å². The van der Waals surface area contributed by atoms with Crippen molar-refractivity contribution in [2.24, 2.45) is 5.10 Å². The lowest BCUT2D eigenvalue weighted by Crippen LogP contribution is -2.45. The van der Waals surface area contributed by atoms with E-state index in [2.05, 4.69) is 21.2 Å². The Kier molecular flexibility index (Phi) is 12.2. The van der Waals surface area contributed by atoms with Gasteiger partial charge >= 0.3 is 18.0 Å². The zero-order valence-corrected chi connectivity index (χ0v) is 26.6. The Morgan fingerprint density at radius 1 is 0.979 bits per heavy atom. The molecule has 1 aliphatic heterocycles. The number of aliphatic hydroxyl groups excluding tert-OH is 1. The van der Waals surface area contributed by atoms with Gasteiger partial charge in [0.2, 0.25) is 0 Å². The van der Waals surface area contributed by atoms with E-state index in [9.17, 15) is 19.5 Å². The van der Waals surface area contributed by atoms with Crippen LogP contribution in [0.1, 0.15) is 53.9 Å². The van der Waals surface area contributed by atoms with Crippen LogP contribution in [0.25, 0.3) is 0 Å². The van der Waals surface area contributed by atoms with Gasteiger partial charge in [0.15, 0.2) is 17.7 Å². The van der Waals surface area contributed by atoms with Crippen LogP contribution in [0.4, 0.5) is 4.79 Å². The van der Waals surface area contributed by atoms with E-state index in [0.29, 0.717) is 53.9 Å². The second-order valence-electron chi connectivity index (χ2n) is 10.2. The predicted octanol–water partition coefficient (Wildman–Crippen LogP) is 3.96. The average molecular weight is 647 g/mol. The number of benzene rings is 3. The summed E-state index contributed by atoms with van der Waals surface area (Å²) in [6.45, 7) is 5.98. The van der Waals surface area contributed by atoms with Crippen LogP contribution in [0, 0.1) is 0 Å². The number of carbonyl (C=O) groups excluding carboxylic acids is 3. The Morgan fingerprint density at radius 2 is 1.77 bits per heavy atom. The predicted molar refractivity (Wildman–Crippen MR) is 172 cm³/mol. The van der Waals surface area contributed by atoms with Crippen LogP contribution in [0.3, 0.4) is 0 Å². The molecule has 0 spiro atoms. The average Bonchev–Trinajstić information content (AvgIpc) is 3.06. The lowest BCUT2D eigenvalue weighted by Gasteiger charge is -2.28. The number of allylic oxidation sites excluding steroid dienone is 1. The summed E-state index contributed by atoms with van der Waals surface area (Å²) in [6, 6.07) is 18.0. The number of carbonyl (C=O) groups is 3. The van der Waals surface area contributed by atoms with Crippen LogP contribution in [0.5, 0.6) is 17.2 Å². The number of rotatable bonds is 15. The topological polar surface area (TPSA) is 166 Å². The molecule has 2 amide bonds. The Hall–Kier alpha value is -5.56. The molecule has 47 heavy (non-hydrogen) atoms. The van der Waals surface area contributed by atoms with E-state index in [0.717, 1.165) is 11.1 Å². The highest BCUT2D eigenvalue weighted by Gasteiger charge is 2.32. The van der Waals surface area contributed by atoms with Crippen LogP contribution in [-0.4, -0.2) is 62.4 Å². The van der Waals surface area contributed by atoms with Crippen molar-refractivity contribution in [2.75, 3.05) is 26.9 Å². The van der Waals surface area contributed by atoms with E-state index in [1.165, 1.54) is 13.3 Å². The normalized spacial score (nSPS) is 14.9. The number of hydrogen-bond acceptors (Lipinski definition) is 11. The first-order valence-electron chi connectivity index (χ1n) is 14.9. The van der Waals surface area contributed by atoms with Crippen molar-refractivity contribution in [1.29, 1.82) is 0 Å². The molecular weight excluding hydrogens is 608 g/mol. The molecule has 13 nitrogen and oxygen atoms in total. The van der Waals surface area contributed by atoms with E-state index in [4.69, 9.17) is 23.7 Å². The van der Waals surface area contributed by atoms with Crippen molar-refractivity contribution >= 4 is 24.2 Å². The molecular formula is C34H38N4O9. The first-order valence-corrected chi connectivity index (χ1v) is 14.9. The van der Waals surface area contributed by atoms with Crippen LogP contribution in [0.2, 0.25) is 0 Å². The highest BCUT2D eigenvalue weighted by atomic mass is 16.5. The molecule has 3 aromatic rings. The highest BCUT2D eigenvalue weighted by molar-refractivity contribution is 5.95. The van der Waals surface area contributed by atoms with Gasteiger partial charge in [-0.2, -0.15) is 5.10 Å². The fourth-order valence-corrected chi connectivity index (χ4v) is 4.62. The first-order chi connectivity index (χ1) is 22.7. The fourth-order valence-electron chi connectivity index (χ4n) is 4.62. The van der Waals surface area contributed by atoms with E-state index in [1.54, 1.807) is 50.2 Å². The number of esters is 2. The summed E-state index contributed by atoms with van der Waals surface area (Å²) < 4.78 is 27.3. The maximum absolute atomic E-state index is 12.4. The number of aliphatic hydroxyl groups is 1. The second-order valence-corrected chi connectivity index (χ2v) is 10.2. The van der Waals surface area contributed by atoms with Crippen molar-refractivity contribution in [3.63, 3.8) is 0 Å². The Morgan fingerprint density at radius 3 is 2.49 bits per heavy atom. The van der Waals surface area contributed by atoms with Crippen LogP contribution >= 0.6 is 0 Å². The number of amides is 2. The van der Waals surface area contributed by atoms with Crippen molar-refractivity contribution in [2.45, 2.75) is 39.6 Å². The van der Waals surface area contributed by atoms with Gasteiger partial charge in [0.25, 0.3) is 0 Å². The van der Waals surface area contributed by atoms with Crippen molar-refractivity contribution in [1.82, 2.24) is 16.1 Å². The molecule has 2 atom stereocenters. The lowest BCUT2D eigenvalue weighted by atomic mass is 9.95. The third-order valence-corrected chi connectivity index (χ3v) is 6.84. The molecule has 248 valence electrons. The molecule has 4 rings (SSSR count). The number of methoxy groups -OCH3 is 1. The van der Waals surface area contributed by atoms with Crippen LogP contribution < -0.4 is 30.3 Å². The molecule has 1 aliphatic rings. The van der Waals surface area contributed by atoms with Crippen LogP contribution in [0.15, 0.2) is 83.1 Å². The summed E-state index contributed by atoms with van der Waals surface area (Å²) in [4.78, 5) is 36.4. The summed E-state index contributed by atoms with van der Waals surface area (Å²) in [5.41, 5.74) is 5.95. The maximum atomic E-state index is 12.4. The van der Waals surface area contributed by atoms with Gasteiger partial charge in [-0.25, -0.2) is 14.4 Å².